The Morgan fingerprint density at radius 2 is 2.32 bits per heavy atom. The number of halogens is 1. The van der Waals surface area contributed by atoms with Crippen LogP contribution in [0.3, 0.4) is 0 Å². The first-order valence-electron chi connectivity index (χ1n) is 6.36. The molecule has 19 heavy (non-hydrogen) atoms. The van der Waals surface area contributed by atoms with E-state index in [2.05, 4.69) is 26.1 Å². The minimum atomic E-state index is -0.307. The molecule has 0 saturated carbocycles. The van der Waals surface area contributed by atoms with Gasteiger partial charge in [-0.05, 0) is 43.7 Å². The molecule has 1 aromatic carbocycles. The Morgan fingerprint density at radius 3 is 3.00 bits per heavy atom. The number of hydrogen-bond acceptors (Lipinski definition) is 3. The van der Waals surface area contributed by atoms with Crippen molar-refractivity contribution in [2.75, 3.05) is 20.1 Å². The molecule has 1 saturated heterocycles. The molecule has 1 fully saturated rings. The fraction of sp³-hybridized carbons (Fsp3) is 0.500. The van der Waals surface area contributed by atoms with E-state index in [4.69, 9.17) is 0 Å². The summed E-state index contributed by atoms with van der Waals surface area (Å²) < 4.78 is 0.985. The molecule has 1 amide bonds. The van der Waals surface area contributed by atoms with Crippen LogP contribution in [0.15, 0.2) is 22.7 Å². The molecule has 0 aliphatic carbocycles. The smallest absolute Gasteiger partial charge is 0.227 e. The van der Waals surface area contributed by atoms with Gasteiger partial charge in [-0.2, -0.15) is 0 Å². The third-order valence-electron chi connectivity index (χ3n) is 3.75. The summed E-state index contributed by atoms with van der Waals surface area (Å²) in [7, 11) is 1.68. The van der Waals surface area contributed by atoms with Crippen LogP contribution in [0.4, 0.5) is 0 Å². The third-order valence-corrected chi connectivity index (χ3v) is 4.52. The minimum absolute atomic E-state index is 0.102. The highest BCUT2D eigenvalue weighted by molar-refractivity contribution is 9.10. The van der Waals surface area contributed by atoms with Crippen molar-refractivity contribution in [3.8, 4) is 5.75 Å². The maximum absolute atomic E-state index is 11.9. The lowest BCUT2D eigenvalue weighted by Crippen LogP contribution is -2.39. The first kappa shape index (κ1) is 14.3. The Hall–Kier alpha value is -1.07. The number of amides is 1. The van der Waals surface area contributed by atoms with E-state index >= 15 is 0 Å². The summed E-state index contributed by atoms with van der Waals surface area (Å²) >= 11 is 3.49. The van der Waals surface area contributed by atoms with Crippen LogP contribution in [0, 0.1) is 5.41 Å². The molecule has 1 aromatic rings. The maximum atomic E-state index is 11.9. The molecule has 0 bridgehead atoms. The molecular weight excluding hydrogens is 308 g/mol. The normalized spacial score (nSPS) is 23.5. The number of rotatable bonds is 3. The van der Waals surface area contributed by atoms with E-state index in [9.17, 15) is 9.90 Å². The molecule has 4 nitrogen and oxygen atoms in total. The van der Waals surface area contributed by atoms with E-state index in [1.807, 2.05) is 13.0 Å². The summed E-state index contributed by atoms with van der Waals surface area (Å²) in [6, 6.07) is 5.27. The second kappa shape index (κ2) is 5.51. The van der Waals surface area contributed by atoms with Gasteiger partial charge in [0.05, 0.1) is 5.41 Å². The van der Waals surface area contributed by atoms with E-state index < -0.39 is 0 Å². The molecule has 5 heteroatoms. The van der Waals surface area contributed by atoms with E-state index in [0.29, 0.717) is 0 Å². The third kappa shape index (κ3) is 3.09. The van der Waals surface area contributed by atoms with Gasteiger partial charge in [0, 0.05) is 24.6 Å². The van der Waals surface area contributed by atoms with Gasteiger partial charge >= 0.3 is 0 Å². The average Bonchev–Trinajstić information content (AvgIpc) is 2.76. The van der Waals surface area contributed by atoms with Gasteiger partial charge in [-0.3, -0.25) is 9.69 Å². The van der Waals surface area contributed by atoms with Crippen molar-refractivity contribution in [1.29, 1.82) is 0 Å². The van der Waals surface area contributed by atoms with E-state index in [1.54, 1.807) is 19.2 Å². The monoisotopic (exact) mass is 326 g/mol. The topological polar surface area (TPSA) is 52.6 Å². The number of carbonyl (C=O) groups is 1. The van der Waals surface area contributed by atoms with Gasteiger partial charge in [-0.15, -0.1) is 0 Å². The van der Waals surface area contributed by atoms with Gasteiger partial charge in [-0.1, -0.05) is 15.9 Å². The number of phenols is 1. The summed E-state index contributed by atoms with van der Waals surface area (Å²) in [6.07, 6.45) is 0.864. The Morgan fingerprint density at radius 1 is 1.58 bits per heavy atom. The highest BCUT2D eigenvalue weighted by atomic mass is 79.9. The summed E-state index contributed by atoms with van der Waals surface area (Å²) in [4.78, 5) is 14.1. The van der Waals surface area contributed by atoms with Crippen molar-refractivity contribution in [2.45, 2.75) is 19.9 Å². The molecule has 1 unspecified atom stereocenters. The molecule has 1 heterocycles. The Balaban J connectivity index is 2.06. The molecular formula is C14H19BrN2O2. The molecule has 0 aromatic heterocycles. The predicted molar refractivity (Wildman–Crippen MR) is 77.9 cm³/mol. The highest BCUT2D eigenvalue weighted by Crippen LogP contribution is 2.32. The lowest BCUT2D eigenvalue weighted by atomic mass is 9.89. The Bertz CT molecular complexity index is 492. The van der Waals surface area contributed by atoms with Gasteiger partial charge in [-0.25, -0.2) is 0 Å². The molecule has 1 atom stereocenters. The van der Waals surface area contributed by atoms with Gasteiger partial charge < -0.3 is 10.4 Å². The first-order chi connectivity index (χ1) is 8.94. The van der Waals surface area contributed by atoms with E-state index in [0.717, 1.165) is 36.1 Å². The van der Waals surface area contributed by atoms with Gasteiger partial charge in [0.1, 0.15) is 5.75 Å². The van der Waals surface area contributed by atoms with Gasteiger partial charge in [0.2, 0.25) is 5.91 Å². The summed E-state index contributed by atoms with van der Waals surface area (Å²) in [6.45, 7) is 4.38. The maximum Gasteiger partial charge on any atom is 0.227 e. The number of phenolic OH excluding ortho intramolecular Hbond substituents is 1. The van der Waals surface area contributed by atoms with Crippen LogP contribution < -0.4 is 5.32 Å². The molecule has 2 N–H and O–H groups in total. The molecule has 2 rings (SSSR count). The van der Waals surface area contributed by atoms with Crippen molar-refractivity contribution in [1.82, 2.24) is 10.2 Å². The number of aromatic hydroxyl groups is 1. The molecule has 0 radical (unpaired) electrons. The van der Waals surface area contributed by atoms with Gasteiger partial charge in [0.25, 0.3) is 0 Å². The van der Waals surface area contributed by atoms with Crippen molar-refractivity contribution in [3.63, 3.8) is 0 Å². The number of nitrogens with zero attached hydrogens (tertiary/aromatic N) is 1. The van der Waals surface area contributed by atoms with E-state index in [1.165, 1.54) is 0 Å². The summed E-state index contributed by atoms with van der Waals surface area (Å²) in [5.41, 5.74) is 0.735. The SMILES string of the molecule is CNC(=O)C1(C)CCN(Cc2cc(O)ccc2Br)C1. The molecule has 0 spiro atoms. The van der Waals surface area contributed by atoms with Crippen molar-refractivity contribution >= 4 is 21.8 Å². The second-order valence-corrected chi connectivity index (χ2v) is 6.23. The van der Waals surface area contributed by atoms with Crippen LogP contribution in [0.2, 0.25) is 0 Å². The van der Waals surface area contributed by atoms with Gasteiger partial charge in [0.15, 0.2) is 0 Å². The quantitative estimate of drug-likeness (QED) is 0.894. The predicted octanol–water partition coefficient (Wildman–Crippen LogP) is 2.11. The number of hydrogen-bond donors (Lipinski definition) is 2. The van der Waals surface area contributed by atoms with Crippen molar-refractivity contribution in [2.24, 2.45) is 5.41 Å². The van der Waals surface area contributed by atoms with E-state index in [-0.39, 0.29) is 17.1 Å². The number of nitrogens with one attached hydrogen (secondary N) is 1. The second-order valence-electron chi connectivity index (χ2n) is 5.38. The zero-order valence-electron chi connectivity index (χ0n) is 11.2. The number of carbonyl (C=O) groups excluding carboxylic acids is 1. The minimum Gasteiger partial charge on any atom is -0.508 e. The number of benzene rings is 1. The standard InChI is InChI=1S/C14H19BrN2O2/c1-14(13(19)16-2)5-6-17(9-14)8-10-7-11(18)3-4-12(10)15/h3-4,7,18H,5-6,8-9H2,1-2H3,(H,16,19). The molecule has 1 aliphatic rings. The van der Waals surface area contributed by atoms with Crippen LogP contribution in [0.5, 0.6) is 5.75 Å². The average molecular weight is 327 g/mol. The van der Waals surface area contributed by atoms with Crippen LogP contribution in [0.25, 0.3) is 0 Å². The lowest BCUT2D eigenvalue weighted by Gasteiger charge is -2.23. The number of likely N-dealkylation sites (tertiary alicyclic amines) is 1. The lowest BCUT2D eigenvalue weighted by molar-refractivity contribution is -0.129. The van der Waals surface area contributed by atoms with Crippen molar-refractivity contribution in [3.05, 3.63) is 28.2 Å². The first-order valence-corrected chi connectivity index (χ1v) is 7.16. The zero-order chi connectivity index (χ0) is 14.0. The van der Waals surface area contributed by atoms with Crippen LogP contribution >= 0.6 is 15.9 Å². The largest absolute Gasteiger partial charge is 0.508 e. The Kier molecular flexibility index (Phi) is 4.16. The molecule has 1 aliphatic heterocycles. The molecule has 104 valence electrons. The fourth-order valence-corrected chi connectivity index (χ4v) is 2.97. The summed E-state index contributed by atoms with van der Waals surface area (Å²) in [5.74, 6) is 0.372. The fourth-order valence-electron chi connectivity index (χ4n) is 2.60. The van der Waals surface area contributed by atoms with Crippen LogP contribution in [0.1, 0.15) is 18.9 Å². The van der Waals surface area contributed by atoms with Crippen LogP contribution in [-0.4, -0.2) is 36.1 Å². The van der Waals surface area contributed by atoms with Crippen molar-refractivity contribution < 1.29 is 9.90 Å². The highest BCUT2D eigenvalue weighted by Gasteiger charge is 2.39. The summed E-state index contributed by atoms with van der Waals surface area (Å²) in [5, 5.41) is 12.3. The Labute approximate surface area is 121 Å². The zero-order valence-corrected chi connectivity index (χ0v) is 12.8. The van der Waals surface area contributed by atoms with Crippen LogP contribution in [-0.2, 0) is 11.3 Å².